The molecule has 0 radical (unpaired) electrons. The molecule has 2 N–H and O–H groups in total. The Hall–Kier alpha value is -2.02. The molecule has 0 aliphatic carbocycles. The molecule has 0 amide bonds. The number of sulfonamides is 2. The molecule has 2 atom stereocenters. The number of methoxy groups -OCH3 is 1. The summed E-state index contributed by atoms with van der Waals surface area (Å²) in [5.41, 5.74) is 1.01. The van der Waals surface area contributed by atoms with E-state index in [1.165, 1.54) is 25.3 Å². The lowest BCUT2D eigenvalue weighted by molar-refractivity contribution is 0.114. The fraction of sp³-hybridized carbons (Fsp3) is 0.478. The third-order valence-corrected chi connectivity index (χ3v) is 8.91. The summed E-state index contributed by atoms with van der Waals surface area (Å²) in [5, 5.41) is 0. The average molecular weight is 511 g/mol. The van der Waals surface area contributed by atoms with Crippen LogP contribution in [-0.4, -0.2) is 62.5 Å². The van der Waals surface area contributed by atoms with Crippen molar-refractivity contribution in [3.05, 3.63) is 42.5 Å². The van der Waals surface area contributed by atoms with Gasteiger partial charge in [-0.25, -0.2) is 26.3 Å². The highest BCUT2D eigenvalue weighted by Gasteiger charge is 2.25. The highest BCUT2D eigenvalue weighted by atomic mass is 32.2. The van der Waals surface area contributed by atoms with Crippen molar-refractivity contribution < 1.29 is 31.0 Å². The van der Waals surface area contributed by atoms with Crippen LogP contribution in [0.3, 0.4) is 0 Å². The summed E-state index contributed by atoms with van der Waals surface area (Å²) in [6.45, 7) is 1.69. The Morgan fingerprint density at radius 1 is 0.853 bits per heavy atom. The summed E-state index contributed by atoms with van der Waals surface area (Å²) < 4.78 is 73.1. The molecule has 0 spiro atoms. The van der Waals surface area contributed by atoms with Gasteiger partial charge in [0.15, 0.2) is 0 Å². The van der Waals surface area contributed by atoms with Crippen molar-refractivity contribution >= 4 is 20.0 Å². The predicted octanol–water partition coefficient (Wildman–Crippen LogP) is 2.28. The topological polar surface area (TPSA) is 120 Å². The zero-order chi connectivity index (χ0) is 24.2. The molecule has 0 saturated carbocycles. The predicted molar refractivity (Wildman–Crippen MR) is 127 cm³/mol. The van der Waals surface area contributed by atoms with Gasteiger partial charge in [0, 0.05) is 37.9 Å². The fourth-order valence-corrected chi connectivity index (χ4v) is 6.46. The SMILES string of the molecule is COc1ccc(-c2ccc(S(=O)(=O)NC[C@@H]3CCCO3)cc2)c(S(=O)(=O)NC[C@H]2CCCO2)c1. The van der Waals surface area contributed by atoms with E-state index in [1.54, 1.807) is 24.3 Å². The lowest BCUT2D eigenvalue weighted by Crippen LogP contribution is -2.32. The van der Waals surface area contributed by atoms with Crippen LogP contribution in [0.4, 0.5) is 0 Å². The largest absolute Gasteiger partial charge is 0.497 e. The summed E-state index contributed by atoms with van der Waals surface area (Å²) in [6.07, 6.45) is 3.23. The molecule has 2 heterocycles. The molecule has 0 aromatic heterocycles. The highest BCUT2D eigenvalue weighted by molar-refractivity contribution is 7.89. The van der Waals surface area contributed by atoms with Crippen molar-refractivity contribution in [2.24, 2.45) is 0 Å². The molecule has 34 heavy (non-hydrogen) atoms. The van der Waals surface area contributed by atoms with E-state index in [0.29, 0.717) is 30.1 Å². The molecule has 4 rings (SSSR count). The van der Waals surface area contributed by atoms with Gasteiger partial charge in [-0.05, 0) is 55.5 Å². The smallest absolute Gasteiger partial charge is 0.241 e. The zero-order valence-corrected chi connectivity index (χ0v) is 20.7. The third-order valence-electron chi connectivity index (χ3n) is 6.00. The molecule has 2 aromatic carbocycles. The average Bonchev–Trinajstić information content (AvgIpc) is 3.56. The summed E-state index contributed by atoms with van der Waals surface area (Å²) in [7, 11) is -6.11. The molecule has 0 bridgehead atoms. The molecule has 11 heteroatoms. The van der Waals surface area contributed by atoms with E-state index >= 15 is 0 Å². The van der Waals surface area contributed by atoms with E-state index in [1.807, 2.05) is 0 Å². The normalized spacial score (nSPS) is 21.1. The first-order valence-electron chi connectivity index (χ1n) is 11.3. The Balaban J connectivity index is 1.56. The maximum atomic E-state index is 13.1. The maximum absolute atomic E-state index is 13.1. The number of ether oxygens (including phenoxy) is 3. The molecule has 2 saturated heterocycles. The standard InChI is InChI=1S/C23H30N2O7S2/c1-30-18-8-11-22(23(14-18)34(28,29)25-16-20-5-3-13-32-20)17-6-9-21(10-7-17)33(26,27)24-15-19-4-2-12-31-19/h6-11,14,19-20,24-25H,2-5,12-13,15-16H2,1H3/t19-,20+/m0/s1. The second-order valence-electron chi connectivity index (χ2n) is 8.36. The van der Waals surface area contributed by atoms with Crippen LogP contribution >= 0.6 is 0 Å². The van der Waals surface area contributed by atoms with E-state index in [-0.39, 0.29) is 35.1 Å². The van der Waals surface area contributed by atoms with Crippen molar-refractivity contribution in [2.75, 3.05) is 33.4 Å². The van der Waals surface area contributed by atoms with Crippen LogP contribution in [0.2, 0.25) is 0 Å². The van der Waals surface area contributed by atoms with Gasteiger partial charge in [0.1, 0.15) is 5.75 Å². The lowest BCUT2D eigenvalue weighted by atomic mass is 10.1. The minimum atomic E-state index is -3.87. The second kappa shape index (κ2) is 10.7. The van der Waals surface area contributed by atoms with Gasteiger partial charge < -0.3 is 14.2 Å². The third kappa shape index (κ3) is 5.96. The lowest BCUT2D eigenvalue weighted by Gasteiger charge is -2.16. The Bertz CT molecular complexity index is 1190. The number of hydrogen-bond acceptors (Lipinski definition) is 7. The Labute approximate surface area is 200 Å². The summed E-state index contributed by atoms with van der Waals surface area (Å²) in [6, 6.07) is 10.9. The van der Waals surface area contributed by atoms with Gasteiger partial charge in [0.2, 0.25) is 20.0 Å². The van der Waals surface area contributed by atoms with E-state index in [9.17, 15) is 16.8 Å². The zero-order valence-electron chi connectivity index (χ0n) is 19.0. The maximum Gasteiger partial charge on any atom is 0.241 e. The summed E-state index contributed by atoms with van der Waals surface area (Å²) >= 11 is 0. The van der Waals surface area contributed by atoms with E-state index in [4.69, 9.17) is 14.2 Å². The Morgan fingerprint density at radius 3 is 1.97 bits per heavy atom. The molecule has 2 fully saturated rings. The van der Waals surface area contributed by atoms with Gasteiger partial charge in [-0.3, -0.25) is 0 Å². The molecular weight excluding hydrogens is 480 g/mol. The van der Waals surface area contributed by atoms with Gasteiger partial charge in [-0.1, -0.05) is 12.1 Å². The van der Waals surface area contributed by atoms with Crippen LogP contribution in [0.25, 0.3) is 11.1 Å². The minimum absolute atomic E-state index is 0.0527. The molecule has 186 valence electrons. The monoisotopic (exact) mass is 510 g/mol. The molecule has 9 nitrogen and oxygen atoms in total. The first kappa shape index (κ1) is 25.1. The molecule has 2 aliphatic heterocycles. The van der Waals surface area contributed by atoms with E-state index in [2.05, 4.69) is 9.44 Å². The molecule has 0 unspecified atom stereocenters. The molecule has 2 aliphatic rings. The fourth-order valence-electron chi connectivity index (χ4n) is 4.08. The number of benzene rings is 2. The van der Waals surface area contributed by atoms with Gasteiger partial charge in [0.25, 0.3) is 0 Å². The van der Waals surface area contributed by atoms with Crippen LogP contribution in [-0.2, 0) is 29.5 Å². The van der Waals surface area contributed by atoms with Crippen molar-refractivity contribution in [2.45, 2.75) is 47.7 Å². The first-order valence-corrected chi connectivity index (χ1v) is 14.3. The van der Waals surface area contributed by atoms with Gasteiger partial charge in [-0.15, -0.1) is 0 Å². The van der Waals surface area contributed by atoms with Crippen LogP contribution in [0.5, 0.6) is 5.75 Å². The summed E-state index contributed by atoms with van der Waals surface area (Å²) in [4.78, 5) is 0.153. The van der Waals surface area contributed by atoms with Crippen molar-refractivity contribution in [1.29, 1.82) is 0 Å². The minimum Gasteiger partial charge on any atom is -0.497 e. The van der Waals surface area contributed by atoms with Gasteiger partial charge in [-0.2, -0.15) is 0 Å². The Kier molecular flexibility index (Phi) is 7.90. The molecular formula is C23H30N2O7S2. The van der Waals surface area contributed by atoms with Crippen LogP contribution in [0.15, 0.2) is 52.3 Å². The summed E-state index contributed by atoms with van der Waals surface area (Å²) in [5.74, 6) is 0.402. The van der Waals surface area contributed by atoms with Crippen molar-refractivity contribution in [3.8, 4) is 16.9 Å². The number of nitrogens with one attached hydrogen (secondary N) is 2. The Morgan fingerprint density at radius 2 is 1.44 bits per heavy atom. The van der Waals surface area contributed by atoms with E-state index < -0.39 is 20.0 Å². The second-order valence-corrected chi connectivity index (χ2v) is 11.9. The quantitative estimate of drug-likeness (QED) is 0.503. The van der Waals surface area contributed by atoms with Crippen LogP contribution in [0, 0.1) is 0 Å². The van der Waals surface area contributed by atoms with Crippen LogP contribution < -0.4 is 14.2 Å². The molecule has 2 aromatic rings. The highest BCUT2D eigenvalue weighted by Crippen LogP contribution is 2.31. The van der Waals surface area contributed by atoms with Crippen molar-refractivity contribution in [3.63, 3.8) is 0 Å². The van der Waals surface area contributed by atoms with Crippen molar-refractivity contribution in [1.82, 2.24) is 9.44 Å². The van der Waals surface area contributed by atoms with Crippen LogP contribution in [0.1, 0.15) is 25.7 Å². The first-order chi connectivity index (χ1) is 16.3. The van der Waals surface area contributed by atoms with Gasteiger partial charge in [0.05, 0.1) is 29.1 Å². The van der Waals surface area contributed by atoms with E-state index in [0.717, 1.165) is 25.7 Å². The van der Waals surface area contributed by atoms with Gasteiger partial charge >= 0.3 is 0 Å². The number of hydrogen-bond donors (Lipinski definition) is 2. The number of rotatable bonds is 10.